The maximum Gasteiger partial charge on any atom is 0.279 e. The minimum absolute atomic E-state index is 0.0419. The maximum atomic E-state index is 12.4. The van der Waals surface area contributed by atoms with Gasteiger partial charge in [0.05, 0.1) is 31.9 Å². The lowest BCUT2D eigenvalue weighted by Gasteiger charge is -2.33. The largest absolute Gasteiger partial charge is 0.360 e. The fourth-order valence-electron chi connectivity index (χ4n) is 3.22. The third kappa shape index (κ3) is 4.45. The number of amides is 1. The normalized spacial score (nSPS) is 15.0. The Morgan fingerprint density at radius 1 is 1.00 bits per heavy atom. The molecule has 3 rings (SSSR count). The summed E-state index contributed by atoms with van der Waals surface area (Å²) < 4.78 is 0. The minimum Gasteiger partial charge on any atom is -0.360 e. The Morgan fingerprint density at radius 3 is 2.32 bits per heavy atom. The summed E-state index contributed by atoms with van der Waals surface area (Å²) in [5, 5.41) is 2.89. The number of benzene rings is 2. The van der Waals surface area contributed by atoms with Crippen molar-refractivity contribution in [3.63, 3.8) is 0 Å². The number of hydrogen-bond acceptors (Lipinski definition) is 3. The SMILES string of the molecule is CC(=O)c1ccccc1NC(=O)C[NH+]1CCN(c2ccccc2)CC1. The van der Waals surface area contributed by atoms with Crippen LogP contribution in [0.1, 0.15) is 17.3 Å². The van der Waals surface area contributed by atoms with Gasteiger partial charge in [-0.05, 0) is 31.2 Å². The number of para-hydroxylation sites is 2. The van der Waals surface area contributed by atoms with Crippen LogP contribution in [0.2, 0.25) is 0 Å². The second-order valence-electron chi connectivity index (χ2n) is 6.40. The van der Waals surface area contributed by atoms with E-state index in [1.54, 1.807) is 18.2 Å². The monoisotopic (exact) mass is 338 g/mol. The Hall–Kier alpha value is -2.66. The summed E-state index contributed by atoms with van der Waals surface area (Å²) in [6, 6.07) is 17.5. The molecule has 1 amide bonds. The zero-order valence-corrected chi connectivity index (χ0v) is 14.5. The summed E-state index contributed by atoms with van der Waals surface area (Å²) in [5.74, 6) is -0.0865. The van der Waals surface area contributed by atoms with E-state index in [0.717, 1.165) is 26.2 Å². The van der Waals surface area contributed by atoms with Crippen LogP contribution < -0.4 is 15.1 Å². The van der Waals surface area contributed by atoms with E-state index < -0.39 is 0 Å². The highest BCUT2D eigenvalue weighted by atomic mass is 16.2. The van der Waals surface area contributed by atoms with Crippen molar-refractivity contribution < 1.29 is 14.5 Å². The lowest BCUT2D eigenvalue weighted by Crippen LogP contribution is -3.15. The Kier molecular flexibility index (Phi) is 5.46. The molecule has 0 spiro atoms. The number of carbonyl (C=O) groups excluding carboxylic acids is 2. The van der Waals surface area contributed by atoms with Crippen molar-refractivity contribution in [1.29, 1.82) is 0 Å². The van der Waals surface area contributed by atoms with Crippen molar-refractivity contribution in [3.05, 3.63) is 60.2 Å². The summed E-state index contributed by atoms with van der Waals surface area (Å²) in [6.45, 7) is 5.68. The van der Waals surface area contributed by atoms with E-state index >= 15 is 0 Å². The first kappa shape index (κ1) is 17.2. The molecule has 0 aromatic heterocycles. The average molecular weight is 338 g/mol. The van der Waals surface area contributed by atoms with Crippen LogP contribution in [0.5, 0.6) is 0 Å². The number of quaternary nitrogens is 1. The Labute approximate surface area is 148 Å². The molecule has 5 nitrogen and oxygen atoms in total. The van der Waals surface area contributed by atoms with Gasteiger partial charge in [-0.1, -0.05) is 30.3 Å². The molecular formula is C20H24N3O2+. The second-order valence-corrected chi connectivity index (χ2v) is 6.40. The standard InChI is InChI=1S/C20H23N3O2/c1-16(24)18-9-5-6-10-19(18)21-20(25)15-22-11-13-23(14-12-22)17-7-3-2-4-8-17/h2-10H,11-15H2,1H3,(H,21,25)/p+1. The van der Waals surface area contributed by atoms with Gasteiger partial charge in [0.1, 0.15) is 0 Å². The number of Topliss-reactive ketones (excluding diaryl/α,β-unsaturated/α-hetero) is 1. The van der Waals surface area contributed by atoms with E-state index in [4.69, 9.17) is 0 Å². The molecule has 5 heteroatoms. The van der Waals surface area contributed by atoms with Crippen molar-refractivity contribution >= 4 is 23.1 Å². The number of ketones is 1. The molecule has 0 saturated carbocycles. The molecule has 0 aliphatic carbocycles. The van der Waals surface area contributed by atoms with Gasteiger partial charge in [0, 0.05) is 11.3 Å². The molecule has 0 unspecified atom stereocenters. The first-order valence-corrected chi connectivity index (χ1v) is 8.67. The van der Waals surface area contributed by atoms with Gasteiger partial charge in [-0.25, -0.2) is 0 Å². The fraction of sp³-hybridized carbons (Fsp3) is 0.300. The van der Waals surface area contributed by atoms with Gasteiger partial charge in [-0.15, -0.1) is 0 Å². The number of rotatable bonds is 5. The molecule has 130 valence electrons. The van der Waals surface area contributed by atoms with Crippen LogP contribution in [-0.2, 0) is 4.79 Å². The quantitative estimate of drug-likeness (QED) is 0.807. The molecule has 1 fully saturated rings. The van der Waals surface area contributed by atoms with Gasteiger partial charge < -0.3 is 15.1 Å². The van der Waals surface area contributed by atoms with Crippen LogP contribution in [0.15, 0.2) is 54.6 Å². The average Bonchev–Trinajstić information content (AvgIpc) is 2.63. The topological polar surface area (TPSA) is 53.9 Å². The van der Waals surface area contributed by atoms with Crippen LogP contribution in [0.4, 0.5) is 11.4 Å². The predicted octanol–water partition coefficient (Wildman–Crippen LogP) is 1.23. The first-order valence-electron chi connectivity index (χ1n) is 8.67. The van der Waals surface area contributed by atoms with Crippen molar-refractivity contribution in [2.75, 3.05) is 42.9 Å². The van der Waals surface area contributed by atoms with E-state index in [0.29, 0.717) is 17.8 Å². The summed E-state index contributed by atoms with van der Waals surface area (Å²) in [7, 11) is 0. The van der Waals surface area contributed by atoms with E-state index in [1.165, 1.54) is 17.5 Å². The Morgan fingerprint density at radius 2 is 1.64 bits per heavy atom. The van der Waals surface area contributed by atoms with Crippen LogP contribution >= 0.6 is 0 Å². The van der Waals surface area contributed by atoms with E-state index in [2.05, 4.69) is 34.5 Å². The zero-order chi connectivity index (χ0) is 17.6. The Balaban J connectivity index is 1.52. The molecule has 0 atom stereocenters. The van der Waals surface area contributed by atoms with Crippen LogP contribution in [0.3, 0.4) is 0 Å². The summed E-state index contributed by atoms with van der Waals surface area (Å²) in [5.41, 5.74) is 2.39. The second kappa shape index (κ2) is 7.94. The van der Waals surface area contributed by atoms with Crippen molar-refractivity contribution in [2.24, 2.45) is 0 Å². The lowest BCUT2D eigenvalue weighted by molar-refractivity contribution is -0.892. The molecule has 1 heterocycles. The number of carbonyl (C=O) groups is 2. The number of piperazine rings is 1. The number of nitrogens with one attached hydrogen (secondary N) is 2. The highest BCUT2D eigenvalue weighted by Gasteiger charge is 2.22. The van der Waals surface area contributed by atoms with Gasteiger partial charge in [-0.3, -0.25) is 9.59 Å². The molecular weight excluding hydrogens is 314 g/mol. The molecule has 2 N–H and O–H groups in total. The molecule has 2 aromatic rings. The summed E-state index contributed by atoms with van der Waals surface area (Å²) in [4.78, 5) is 27.6. The van der Waals surface area contributed by atoms with Gasteiger partial charge in [0.25, 0.3) is 5.91 Å². The van der Waals surface area contributed by atoms with Gasteiger partial charge in [0.15, 0.2) is 12.3 Å². The molecule has 1 aliphatic rings. The van der Waals surface area contributed by atoms with Crippen molar-refractivity contribution in [2.45, 2.75) is 6.92 Å². The minimum atomic E-state index is -0.0446. The molecule has 25 heavy (non-hydrogen) atoms. The summed E-state index contributed by atoms with van der Waals surface area (Å²) in [6.07, 6.45) is 0. The van der Waals surface area contributed by atoms with Crippen LogP contribution in [-0.4, -0.2) is 44.4 Å². The van der Waals surface area contributed by atoms with E-state index in [-0.39, 0.29) is 11.7 Å². The highest BCUT2D eigenvalue weighted by Crippen LogP contribution is 2.15. The molecule has 1 aliphatic heterocycles. The van der Waals surface area contributed by atoms with Crippen LogP contribution in [0.25, 0.3) is 0 Å². The number of hydrogen-bond donors (Lipinski definition) is 2. The van der Waals surface area contributed by atoms with Crippen LogP contribution in [0, 0.1) is 0 Å². The molecule has 1 saturated heterocycles. The third-order valence-corrected chi connectivity index (χ3v) is 4.58. The first-order chi connectivity index (χ1) is 12.1. The predicted molar refractivity (Wildman–Crippen MR) is 99.3 cm³/mol. The maximum absolute atomic E-state index is 12.4. The zero-order valence-electron chi connectivity index (χ0n) is 14.5. The molecule has 0 radical (unpaired) electrons. The molecule has 0 bridgehead atoms. The lowest BCUT2D eigenvalue weighted by atomic mass is 10.1. The van der Waals surface area contributed by atoms with E-state index in [1.807, 2.05) is 12.1 Å². The Bertz CT molecular complexity index is 738. The third-order valence-electron chi connectivity index (χ3n) is 4.58. The van der Waals surface area contributed by atoms with E-state index in [9.17, 15) is 9.59 Å². The summed E-state index contributed by atoms with van der Waals surface area (Å²) >= 11 is 0. The molecule has 2 aromatic carbocycles. The highest BCUT2D eigenvalue weighted by molar-refractivity contribution is 6.03. The number of anilines is 2. The van der Waals surface area contributed by atoms with Crippen molar-refractivity contribution in [1.82, 2.24) is 0 Å². The van der Waals surface area contributed by atoms with Gasteiger partial charge >= 0.3 is 0 Å². The smallest absolute Gasteiger partial charge is 0.279 e. The van der Waals surface area contributed by atoms with Gasteiger partial charge in [-0.2, -0.15) is 0 Å². The van der Waals surface area contributed by atoms with Gasteiger partial charge in [0.2, 0.25) is 0 Å². The fourth-order valence-corrected chi connectivity index (χ4v) is 3.22. The van der Waals surface area contributed by atoms with Crippen molar-refractivity contribution in [3.8, 4) is 0 Å². The number of nitrogens with zero attached hydrogens (tertiary/aromatic N) is 1.